The Morgan fingerprint density at radius 3 is 2.25 bits per heavy atom. The second-order valence-corrected chi connectivity index (χ2v) is 9.82. The predicted octanol–water partition coefficient (Wildman–Crippen LogP) is 3.20. The van der Waals surface area contributed by atoms with Gasteiger partial charge in [0.2, 0.25) is 5.91 Å². The largest absolute Gasteiger partial charge is 0.387 e. The van der Waals surface area contributed by atoms with Gasteiger partial charge in [0, 0.05) is 44.4 Å². The fourth-order valence-corrected chi connectivity index (χ4v) is 5.69. The second kappa shape index (κ2) is 9.90. The number of carbonyl (C=O) groups is 1. The minimum absolute atomic E-state index is 0.0414. The molecule has 4 aliphatic rings. The molecule has 0 aromatic rings. The number of nitrogens with zero attached hydrogens (tertiary/aromatic N) is 2. The maximum absolute atomic E-state index is 12.5. The van der Waals surface area contributed by atoms with Gasteiger partial charge in [-0.3, -0.25) is 4.79 Å². The Hall–Kier alpha value is -0.650. The summed E-state index contributed by atoms with van der Waals surface area (Å²) in [4.78, 5) is 17.2. The summed E-state index contributed by atoms with van der Waals surface area (Å²) in [6, 6.07) is 1.46. The molecular formula is C23H40N2O3. The Morgan fingerprint density at radius 1 is 0.929 bits per heavy atom. The number of carbonyl (C=O) groups excluding carboxylic acids is 1. The molecule has 0 aromatic carbocycles. The third kappa shape index (κ3) is 5.28. The Bertz CT molecular complexity index is 490. The third-order valence-electron chi connectivity index (χ3n) is 7.73. The zero-order valence-corrected chi connectivity index (χ0v) is 17.6. The maximum Gasteiger partial charge on any atom is 0.248 e. The van der Waals surface area contributed by atoms with Gasteiger partial charge in [-0.2, -0.15) is 0 Å². The number of hydrogen-bond donors (Lipinski definition) is 1. The summed E-state index contributed by atoms with van der Waals surface area (Å²) in [5.41, 5.74) is 0. The monoisotopic (exact) mass is 392 g/mol. The summed E-state index contributed by atoms with van der Waals surface area (Å²) in [6.07, 6.45) is 14.8. The second-order valence-electron chi connectivity index (χ2n) is 9.82. The average Bonchev–Trinajstić information content (AvgIpc) is 3.52. The lowest BCUT2D eigenvalue weighted by Crippen LogP contribution is -2.55. The molecule has 0 spiro atoms. The van der Waals surface area contributed by atoms with Crippen molar-refractivity contribution in [2.45, 2.75) is 95.2 Å². The van der Waals surface area contributed by atoms with Crippen molar-refractivity contribution in [1.29, 1.82) is 0 Å². The molecule has 1 heterocycles. The van der Waals surface area contributed by atoms with Crippen molar-refractivity contribution < 1.29 is 14.6 Å². The number of likely N-dealkylation sites (tertiary alicyclic amines) is 1. The molecule has 4 fully saturated rings. The summed E-state index contributed by atoms with van der Waals surface area (Å²) in [7, 11) is 0. The van der Waals surface area contributed by atoms with E-state index in [-0.39, 0.29) is 12.5 Å². The minimum atomic E-state index is -0.330. The molecule has 0 atom stereocenters. The highest BCUT2D eigenvalue weighted by Gasteiger charge is 2.38. The Morgan fingerprint density at radius 2 is 1.61 bits per heavy atom. The maximum atomic E-state index is 12.5. The standard InChI is InChI=1S/C23H40N2O3/c26-16-23(27)25(20-4-2-1-3-5-20)21-8-11-24(12-9-21)22-14-19(15-22)10-13-28-17-18-6-7-18/h18-22,26H,1-17H2. The van der Waals surface area contributed by atoms with Gasteiger partial charge in [0.1, 0.15) is 6.61 Å². The number of hydrogen-bond acceptors (Lipinski definition) is 4. The molecule has 3 saturated carbocycles. The van der Waals surface area contributed by atoms with Gasteiger partial charge in [0.05, 0.1) is 0 Å². The van der Waals surface area contributed by atoms with Crippen LogP contribution in [0, 0.1) is 11.8 Å². The van der Waals surface area contributed by atoms with E-state index in [9.17, 15) is 9.90 Å². The molecule has 4 rings (SSSR count). The average molecular weight is 393 g/mol. The van der Waals surface area contributed by atoms with Gasteiger partial charge in [-0.25, -0.2) is 0 Å². The zero-order valence-electron chi connectivity index (χ0n) is 17.6. The van der Waals surface area contributed by atoms with Crippen molar-refractivity contribution in [1.82, 2.24) is 9.80 Å². The molecule has 5 heteroatoms. The van der Waals surface area contributed by atoms with E-state index in [4.69, 9.17) is 4.74 Å². The lowest BCUT2D eigenvalue weighted by atomic mass is 9.76. The van der Waals surface area contributed by atoms with E-state index in [0.717, 1.165) is 69.9 Å². The van der Waals surface area contributed by atoms with Crippen LogP contribution in [0.1, 0.15) is 77.0 Å². The van der Waals surface area contributed by atoms with Crippen molar-refractivity contribution >= 4 is 5.91 Å². The van der Waals surface area contributed by atoms with Crippen molar-refractivity contribution in [2.75, 3.05) is 32.9 Å². The zero-order chi connectivity index (χ0) is 19.3. The van der Waals surface area contributed by atoms with Gasteiger partial charge in [-0.1, -0.05) is 19.3 Å². The highest BCUT2D eigenvalue weighted by Crippen LogP contribution is 2.37. The summed E-state index contributed by atoms with van der Waals surface area (Å²) in [6.45, 7) is 3.84. The van der Waals surface area contributed by atoms with E-state index in [0.29, 0.717) is 12.1 Å². The Balaban J connectivity index is 1.17. The van der Waals surface area contributed by atoms with Gasteiger partial charge in [0.25, 0.3) is 0 Å². The fraction of sp³-hybridized carbons (Fsp3) is 0.957. The Kier molecular flexibility index (Phi) is 7.29. The van der Waals surface area contributed by atoms with Crippen LogP contribution in [0.2, 0.25) is 0 Å². The summed E-state index contributed by atoms with van der Waals surface area (Å²) < 4.78 is 5.80. The quantitative estimate of drug-likeness (QED) is 0.612. The van der Waals surface area contributed by atoms with Crippen LogP contribution in [0.25, 0.3) is 0 Å². The van der Waals surface area contributed by atoms with E-state index in [1.54, 1.807) is 0 Å². The molecule has 5 nitrogen and oxygen atoms in total. The summed E-state index contributed by atoms with van der Waals surface area (Å²) >= 11 is 0. The smallest absolute Gasteiger partial charge is 0.248 e. The molecule has 1 N–H and O–H groups in total. The molecule has 0 aromatic heterocycles. The van der Waals surface area contributed by atoms with Crippen LogP contribution in [0.4, 0.5) is 0 Å². The number of amides is 1. The van der Waals surface area contributed by atoms with E-state index in [1.807, 2.05) is 0 Å². The van der Waals surface area contributed by atoms with Crippen molar-refractivity contribution in [2.24, 2.45) is 11.8 Å². The van der Waals surface area contributed by atoms with Crippen LogP contribution in [0.5, 0.6) is 0 Å². The van der Waals surface area contributed by atoms with E-state index in [1.165, 1.54) is 51.4 Å². The van der Waals surface area contributed by atoms with E-state index >= 15 is 0 Å². The minimum Gasteiger partial charge on any atom is -0.387 e. The summed E-state index contributed by atoms with van der Waals surface area (Å²) in [5.74, 6) is 1.69. The SMILES string of the molecule is O=C(CO)N(C1CCCCC1)C1CCN(C2CC(CCOCC3CC3)C2)CC1. The van der Waals surface area contributed by atoms with Gasteiger partial charge >= 0.3 is 0 Å². The van der Waals surface area contributed by atoms with Crippen LogP contribution in [-0.4, -0.2) is 71.8 Å². The number of piperidine rings is 1. The first-order valence-corrected chi connectivity index (χ1v) is 12.0. The molecule has 160 valence electrons. The lowest BCUT2D eigenvalue weighted by Gasteiger charge is -2.48. The molecule has 0 radical (unpaired) electrons. The van der Waals surface area contributed by atoms with Crippen LogP contribution in [0.3, 0.4) is 0 Å². The highest BCUT2D eigenvalue weighted by molar-refractivity contribution is 5.78. The van der Waals surface area contributed by atoms with Gasteiger partial charge in [-0.15, -0.1) is 0 Å². The predicted molar refractivity (Wildman–Crippen MR) is 110 cm³/mol. The van der Waals surface area contributed by atoms with E-state index in [2.05, 4.69) is 9.80 Å². The van der Waals surface area contributed by atoms with Gasteiger partial charge in [-0.05, 0) is 69.6 Å². The highest BCUT2D eigenvalue weighted by atomic mass is 16.5. The van der Waals surface area contributed by atoms with Crippen LogP contribution in [0.15, 0.2) is 0 Å². The van der Waals surface area contributed by atoms with Gasteiger partial charge in [0.15, 0.2) is 0 Å². The van der Waals surface area contributed by atoms with Crippen LogP contribution < -0.4 is 0 Å². The first kappa shape index (κ1) is 20.6. The van der Waals surface area contributed by atoms with Crippen LogP contribution >= 0.6 is 0 Å². The molecule has 3 aliphatic carbocycles. The summed E-state index contributed by atoms with van der Waals surface area (Å²) in [5, 5.41) is 9.49. The van der Waals surface area contributed by atoms with Gasteiger partial charge < -0.3 is 19.6 Å². The lowest BCUT2D eigenvalue weighted by molar-refractivity contribution is -0.141. The first-order chi connectivity index (χ1) is 13.7. The van der Waals surface area contributed by atoms with Crippen molar-refractivity contribution in [3.05, 3.63) is 0 Å². The molecule has 1 aliphatic heterocycles. The molecule has 28 heavy (non-hydrogen) atoms. The number of ether oxygens (including phenoxy) is 1. The molecule has 1 saturated heterocycles. The molecule has 0 unspecified atom stereocenters. The topological polar surface area (TPSA) is 53.0 Å². The van der Waals surface area contributed by atoms with Crippen LogP contribution in [-0.2, 0) is 9.53 Å². The van der Waals surface area contributed by atoms with Crippen molar-refractivity contribution in [3.63, 3.8) is 0 Å². The Labute approximate surface area is 170 Å². The molecule has 1 amide bonds. The number of rotatable bonds is 9. The first-order valence-electron chi connectivity index (χ1n) is 12.0. The normalized spacial score (nSPS) is 30.2. The number of aliphatic hydroxyl groups excluding tert-OH is 1. The third-order valence-corrected chi connectivity index (χ3v) is 7.73. The molecule has 0 bridgehead atoms. The molecular weight excluding hydrogens is 352 g/mol. The van der Waals surface area contributed by atoms with E-state index < -0.39 is 0 Å². The van der Waals surface area contributed by atoms with Crippen molar-refractivity contribution in [3.8, 4) is 0 Å². The fourth-order valence-electron chi connectivity index (χ4n) is 5.69. The number of aliphatic hydroxyl groups is 1.